The van der Waals surface area contributed by atoms with Gasteiger partial charge in [-0.05, 0) is 24.5 Å². The van der Waals surface area contributed by atoms with Crippen LogP contribution in [0.3, 0.4) is 0 Å². The molecule has 1 aliphatic rings. The fourth-order valence-electron chi connectivity index (χ4n) is 2.84. The van der Waals surface area contributed by atoms with Gasteiger partial charge in [-0.1, -0.05) is 12.1 Å². The lowest BCUT2D eigenvalue weighted by molar-refractivity contribution is -0.384. The van der Waals surface area contributed by atoms with Gasteiger partial charge in [0.2, 0.25) is 0 Å². The summed E-state index contributed by atoms with van der Waals surface area (Å²) >= 11 is 1.52. The Bertz CT molecular complexity index is 822. The number of nitro benzene ring substituents is 1. The Morgan fingerprint density at radius 3 is 2.65 bits per heavy atom. The van der Waals surface area contributed by atoms with E-state index in [2.05, 4.69) is 5.32 Å². The van der Waals surface area contributed by atoms with E-state index >= 15 is 0 Å². The Hall–Kier alpha value is -2.58. The van der Waals surface area contributed by atoms with E-state index < -0.39 is 4.92 Å². The molecule has 1 heterocycles. The van der Waals surface area contributed by atoms with Gasteiger partial charge < -0.3 is 15.0 Å². The van der Waals surface area contributed by atoms with E-state index in [-0.39, 0.29) is 17.2 Å². The van der Waals surface area contributed by atoms with Crippen molar-refractivity contribution in [3.8, 4) is 0 Å². The molecule has 0 spiro atoms. The molecule has 1 amide bonds. The minimum absolute atomic E-state index is 0.106. The van der Waals surface area contributed by atoms with E-state index in [1.165, 1.54) is 23.9 Å². The van der Waals surface area contributed by atoms with Gasteiger partial charge in [0.15, 0.2) is 0 Å². The van der Waals surface area contributed by atoms with Gasteiger partial charge in [-0.3, -0.25) is 14.9 Å². The van der Waals surface area contributed by atoms with E-state index in [1.54, 1.807) is 6.07 Å². The predicted octanol–water partition coefficient (Wildman–Crippen LogP) is 3.41. The third-order valence-corrected chi connectivity index (χ3v) is 4.94. The Labute approximate surface area is 155 Å². The molecule has 26 heavy (non-hydrogen) atoms. The first-order chi connectivity index (χ1) is 12.6. The van der Waals surface area contributed by atoms with Crippen molar-refractivity contribution in [2.45, 2.75) is 4.90 Å². The van der Waals surface area contributed by atoms with Crippen LogP contribution >= 0.6 is 11.8 Å². The number of anilines is 2. The highest BCUT2D eigenvalue weighted by atomic mass is 32.2. The molecule has 2 aromatic carbocycles. The maximum Gasteiger partial charge on any atom is 0.270 e. The normalized spacial score (nSPS) is 14.1. The van der Waals surface area contributed by atoms with Gasteiger partial charge in [0.1, 0.15) is 0 Å². The van der Waals surface area contributed by atoms with Crippen LogP contribution in [-0.4, -0.2) is 43.4 Å². The summed E-state index contributed by atoms with van der Waals surface area (Å²) in [5.74, 6) is -0.364. The molecule has 1 aliphatic heterocycles. The van der Waals surface area contributed by atoms with Crippen LogP contribution in [0.2, 0.25) is 0 Å². The molecule has 7 nitrogen and oxygen atoms in total. The number of hydrogen-bond donors (Lipinski definition) is 1. The minimum atomic E-state index is -0.490. The summed E-state index contributed by atoms with van der Waals surface area (Å²) in [5, 5.41) is 14.0. The number of benzene rings is 2. The molecule has 0 radical (unpaired) electrons. The number of amides is 1. The molecule has 0 unspecified atom stereocenters. The lowest BCUT2D eigenvalue weighted by atomic mass is 10.1. The number of ether oxygens (including phenoxy) is 1. The summed E-state index contributed by atoms with van der Waals surface area (Å²) in [5.41, 5.74) is 1.55. The van der Waals surface area contributed by atoms with Crippen molar-refractivity contribution in [2.24, 2.45) is 0 Å². The van der Waals surface area contributed by atoms with Crippen LogP contribution in [0.25, 0.3) is 0 Å². The SMILES string of the molecule is CSc1ccccc1NC(=O)c1cc([N+](=O)[O-])ccc1N1CCOCC1. The van der Waals surface area contributed by atoms with E-state index in [0.717, 1.165) is 4.90 Å². The number of nitrogens with one attached hydrogen (secondary N) is 1. The maximum absolute atomic E-state index is 12.9. The molecule has 1 fully saturated rings. The third-order valence-electron chi connectivity index (χ3n) is 4.14. The Kier molecular flexibility index (Phi) is 5.75. The summed E-state index contributed by atoms with van der Waals surface area (Å²) < 4.78 is 5.36. The zero-order valence-electron chi connectivity index (χ0n) is 14.3. The number of nitrogens with zero attached hydrogens (tertiary/aromatic N) is 2. The van der Waals surface area contributed by atoms with Crippen molar-refractivity contribution >= 4 is 34.7 Å². The van der Waals surface area contributed by atoms with Gasteiger partial charge in [0.25, 0.3) is 11.6 Å². The van der Waals surface area contributed by atoms with Gasteiger partial charge in [-0.15, -0.1) is 11.8 Å². The Balaban J connectivity index is 1.96. The standard InChI is InChI=1S/C18H19N3O4S/c1-26-17-5-3-2-4-15(17)19-18(22)14-12-13(21(23)24)6-7-16(14)20-8-10-25-11-9-20/h2-7,12H,8-11H2,1H3,(H,19,22). The van der Waals surface area contributed by atoms with Crippen LogP contribution in [0.1, 0.15) is 10.4 Å². The first kappa shape index (κ1) is 18.2. The van der Waals surface area contributed by atoms with Crippen LogP contribution in [0.4, 0.5) is 17.1 Å². The largest absolute Gasteiger partial charge is 0.378 e. The molecule has 8 heteroatoms. The second kappa shape index (κ2) is 8.20. The van der Waals surface area contributed by atoms with Crippen molar-refractivity contribution in [3.05, 3.63) is 58.1 Å². The fourth-order valence-corrected chi connectivity index (χ4v) is 3.39. The maximum atomic E-state index is 12.9. The molecule has 1 N–H and O–H groups in total. The summed E-state index contributed by atoms with van der Waals surface area (Å²) in [6.07, 6.45) is 1.93. The van der Waals surface area contributed by atoms with E-state index in [0.29, 0.717) is 37.7 Å². The van der Waals surface area contributed by atoms with E-state index in [1.807, 2.05) is 35.4 Å². The van der Waals surface area contributed by atoms with Crippen molar-refractivity contribution in [3.63, 3.8) is 0 Å². The highest BCUT2D eigenvalue weighted by Crippen LogP contribution is 2.29. The lowest BCUT2D eigenvalue weighted by Gasteiger charge is -2.30. The number of morpholine rings is 1. The summed E-state index contributed by atoms with van der Waals surface area (Å²) in [4.78, 5) is 26.5. The first-order valence-corrected chi connectivity index (χ1v) is 9.38. The number of hydrogen-bond acceptors (Lipinski definition) is 6. The average molecular weight is 373 g/mol. The molecular weight excluding hydrogens is 354 g/mol. The van der Waals surface area contributed by atoms with Gasteiger partial charge in [-0.2, -0.15) is 0 Å². The molecular formula is C18H19N3O4S. The molecule has 0 saturated carbocycles. The zero-order valence-corrected chi connectivity index (χ0v) is 15.1. The number of non-ortho nitro benzene ring substituents is 1. The van der Waals surface area contributed by atoms with Crippen molar-refractivity contribution in [1.29, 1.82) is 0 Å². The van der Waals surface area contributed by atoms with Crippen molar-refractivity contribution in [2.75, 3.05) is 42.8 Å². The molecule has 0 atom stereocenters. The highest BCUT2D eigenvalue weighted by Gasteiger charge is 2.22. The number of carbonyl (C=O) groups excluding carboxylic acids is 1. The van der Waals surface area contributed by atoms with Gasteiger partial charge in [0.05, 0.1) is 35.1 Å². The second-order valence-electron chi connectivity index (χ2n) is 5.71. The minimum Gasteiger partial charge on any atom is -0.378 e. The van der Waals surface area contributed by atoms with Crippen LogP contribution in [0, 0.1) is 10.1 Å². The van der Waals surface area contributed by atoms with Crippen LogP contribution in [0.15, 0.2) is 47.4 Å². The van der Waals surface area contributed by atoms with Crippen LogP contribution in [-0.2, 0) is 4.74 Å². The highest BCUT2D eigenvalue weighted by molar-refractivity contribution is 7.98. The van der Waals surface area contributed by atoms with E-state index in [9.17, 15) is 14.9 Å². The zero-order chi connectivity index (χ0) is 18.5. The smallest absolute Gasteiger partial charge is 0.270 e. The van der Waals surface area contributed by atoms with Crippen molar-refractivity contribution in [1.82, 2.24) is 0 Å². The predicted molar refractivity (Wildman–Crippen MR) is 102 cm³/mol. The van der Waals surface area contributed by atoms with E-state index in [4.69, 9.17) is 4.74 Å². The average Bonchev–Trinajstić information content (AvgIpc) is 2.68. The van der Waals surface area contributed by atoms with Crippen LogP contribution in [0.5, 0.6) is 0 Å². The molecule has 0 aliphatic carbocycles. The number of carbonyl (C=O) groups is 1. The van der Waals surface area contributed by atoms with Crippen molar-refractivity contribution < 1.29 is 14.5 Å². The summed E-state index contributed by atoms with van der Waals surface area (Å²) in [7, 11) is 0. The Morgan fingerprint density at radius 1 is 1.23 bits per heavy atom. The summed E-state index contributed by atoms with van der Waals surface area (Å²) in [6.45, 7) is 2.40. The molecule has 0 aromatic heterocycles. The second-order valence-corrected chi connectivity index (χ2v) is 6.56. The lowest BCUT2D eigenvalue weighted by Crippen LogP contribution is -2.37. The van der Waals surface area contributed by atoms with Crippen LogP contribution < -0.4 is 10.2 Å². The number of rotatable bonds is 5. The topological polar surface area (TPSA) is 84.7 Å². The first-order valence-electron chi connectivity index (χ1n) is 8.15. The van der Waals surface area contributed by atoms with Gasteiger partial charge in [-0.25, -0.2) is 0 Å². The summed E-state index contributed by atoms with van der Waals surface area (Å²) in [6, 6.07) is 11.9. The quantitative estimate of drug-likeness (QED) is 0.491. The van der Waals surface area contributed by atoms with Gasteiger partial charge >= 0.3 is 0 Å². The molecule has 2 aromatic rings. The third kappa shape index (κ3) is 3.97. The molecule has 0 bridgehead atoms. The Morgan fingerprint density at radius 2 is 1.96 bits per heavy atom. The molecule has 3 rings (SSSR count). The number of para-hydroxylation sites is 1. The number of nitro groups is 1. The molecule has 1 saturated heterocycles. The van der Waals surface area contributed by atoms with Gasteiger partial charge in [0, 0.05) is 30.1 Å². The number of thioether (sulfide) groups is 1. The fraction of sp³-hybridized carbons (Fsp3) is 0.278. The molecule has 136 valence electrons. The monoisotopic (exact) mass is 373 g/mol.